The summed E-state index contributed by atoms with van der Waals surface area (Å²) in [6, 6.07) is 15.8. The van der Waals surface area contributed by atoms with Gasteiger partial charge in [-0.3, -0.25) is 0 Å². The molecule has 2 fully saturated rings. The van der Waals surface area contributed by atoms with E-state index in [9.17, 15) is 8.42 Å². The van der Waals surface area contributed by atoms with Gasteiger partial charge in [-0.05, 0) is 81.2 Å². The van der Waals surface area contributed by atoms with Crippen LogP contribution in [0, 0.1) is 6.92 Å². The third-order valence-corrected chi connectivity index (χ3v) is 11.7. The van der Waals surface area contributed by atoms with Gasteiger partial charge in [-0.25, -0.2) is 0 Å². The van der Waals surface area contributed by atoms with Crippen LogP contribution in [0.3, 0.4) is 0 Å². The number of anilines is 2. The minimum atomic E-state index is -3.73. The Kier molecular flexibility index (Phi) is 10.0. The smallest absolute Gasteiger partial charge is 0.378 e. The van der Waals surface area contributed by atoms with Crippen molar-refractivity contribution in [3.05, 3.63) is 75.0 Å². The van der Waals surface area contributed by atoms with E-state index in [1.807, 2.05) is 19.1 Å². The second-order valence-electron chi connectivity index (χ2n) is 10.9. The van der Waals surface area contributed by atoms with E-state index >= 15 is 0 Å². The van der Waals surface area contributed by atoms with Crippen molar-refractivity contribution in [3.63, 3.8) is 0 Å². The van der Waals surface area contributed by atoms with Crippen LogP contribution < -0.4 is 9.80 Å². The van der Waals surface area contributed by atoms with E-state index in [0.29, 0.717) is 4.90 Å². The maximum atomic E-state index is 13.9. The molecule has 9 heteroatoms. The van der Waals surface area contributed by atoms with E-state index in [1.54, 1.807) is 41.9 Å². The van der Waals surface area contributed by atoms with Gasteiger partial charge in [-0.1, -0.05) is 31.5 Å². The number of allylic oxidation sites excluding steroid dienone is 2. The van der Waals surface area contributed by atoms with Crippen molar-refractivity contribution in [2.75, 3.05) is 56.2 Å². The lowest BCUT2D eigenvalue weighted by molar-refractivity contribution is -0.325. The molecule has 0 bridgehead atoms. The number of thiophene rings is 2. The fraction of sp³-hybridized carbons (Fsp3) is 0.424. The van der Waals surface area contributed by atoms with Crippen molar-refractivity contribution in [2.45, 2.75) is 51.3 Å². The standard InChI is InChI=1S/C33H42N3O3S3/c1-5-17-35(18-6-2)31-15-11-28(40-31)23-26-9-10-27(24-29-12-16-32(41-29)36-19-21-39-22-20-36)33(26)34(4)42(37,38)30-13-7-25(3)8-14-30/h7-8,11-16,23-24H,5-6,9-10,17-22H2,1-4H3/q+1. The molecule has 2 aliphatic rings. The first-order chi connectivity index (χ1) is 20.3. The SMILES string of the molecule is CCCN(CCC)c1ccc(/C=C2\CCC(=Cc3ccc(N4CCOCC4)s3)\C2=[N+](/C)S(=O)(=O)c2ccc(C)cc2)s1. The van der Waals surface area contributed by atoms with Crippen LogP contribution >= 0.6 is 22.7 Å². The van der Waals surface area contributed by atoms with Crippen molar-refractivity contribution in [2.24, 2.45) is 0 Å². The van der Waals surface area contributed by atoms with Crippen molar-refractivity contribution in [3.8, 4) is 0 Å². The molecule has 1 aliphatic heterocycles. The molecule has 3 heterocycles. The Morgan fingerprint density at radius 1 is 0.881 bits per heavy atom. The topological polar surface area (TPSA) is 52.9 Å². The third-order valence-electron chi connectivity index (χ3n) is 7.75. The number of aryl methyl sites for hydroxylation is 1. The predicted molar refractivity (Wildman–Crippen MR) is 179 cm³/mol. The first-order valence-electron chi connectivity index (χ1n) is 14.9. The quantitative estimate of drug-likeness (QED) is 0.222. The zero-order valence-corrected chi connectivity index (χ0v) is 27.6. The van der Waals surface area contributed by atoms with Crippen LogP contribution in [0.15, 0.2) is 64.6 Å². The van der Waals surface area contributed by atoms with E-state index in [1.165, 1.54) is 14.0 Å². The van der Waals surface area contributed by atoms with Gasteiger partial charge < -0.3 is 14.5 Å². The molecule has 0 atom stereocenters. The van der Waals surface area contributed by atoms with Gasteiger partial charge in [-0.2, -0.15) is 8.42 Å². The molecule has 1 saturated heterocycles. The summed E-state index contributed by atoms with van der Waals surface area (Å²) < 4.78 is 34.8. The average molecular weight is 625 g/mol. The number of nitrogens with zero attached hydrogens (tertiary/aromatic N) is 3. The van der Waals surface area contributed by atoms with Gasteiger partial charge in [0.05, 0.1) is 23.2 Å². The molecular weight excluding hydrogens is 583 g/mol. The lowest BCUT2D eigenvalue weighted by atomic mass is 10.1. The normalized spacial score (nSPS) is 19.2. The molecular formula is C33H42N3O3S3+. The molecule has 224 valence electrons. The van der Waals surface area contributed by atoms with Gasteiger partial charge in [0.15, 0.2) is 7.05 Å². The minimum Gasteiger partial charge on any atom is -0.378 e. The Bertz CT molecular complexity index is 1570. The van der Waals surface area contributed by atoms with Gasteiger partial charge in [-0.15, -0.1) is 26.7 Å². The fourth-order valence-electron chi connectivity index (χ4n) is 5.57. The second kappa shape index (κ2) is 13.7. The minimum absolute atomic E-state index is 0.313. The van der Waals surface area contributed by atoms with Crippen molar-refractivity contribution in [1.82, 2.24) is 0 Å². The number of benzene rings is 1. The highest BCUT2D eigenvalue weighted by atomic mass is 32.2. The molecule has 0 spiro atoms. The van der Waals surface area contributed by atoms with Gasteiger partial charge in [0.25, 0.3) is 0 Å². The number of hydrogen-bond acceptors (Lipinski definition) is 7. The van der Waals surface area contributed by atoms with E-state index < -0.39 is 10.0 Å². The Hall–Kier alpha value is -2.72. The highest BCUT2D eigenvalue weighted by molar-refractivity contribution is 7.85. The van der Waals surface area contributed by atoms with E-state index in [-0.39, 0.29) is 0 Å². The van der Waals surface area contributed by atoms with Crippen LogP contribution in [0.25, 0.3) is 12.2 Å². The van der Waals surface area contributed by atoms with E-state index in [4.69, 9.17) is 4.74 Å². The van der Waals surface area contributed by atoms with Crippen LogP contribution in [-0.2, 0) is 14.8 Å². The summed E-state index contributed by atoms with van der Waals surface area (Å²) in [4.78, 5) is 7.42. The zero-order valence-electron chi connectivity index (χ0n) is 25.1. The summed E-state index contributed by atoms with van der Waals surface area (Å²) >= 11 is 3.54. The number of hydrogen-bond donors (Lipinski definition) is 0. The first kappa shape index (κ1) is 30.7. The van der Waals surface area contributed by atoms with Crippen LogP contribution in [0.1, 0.15) is 54.8 Å². The Morgan fingerprint density at radius 3 is 2.10 bits per heavy atom. The first-order valence-corrected chi connectivity index (χ1v) is 18.0. The molecule has 1 aliphatic carbocycles. The van der Waals surface area contributed by atoms with Crippen molar-refractivity contribution < 1.29 is 17.1 Å². The van der Waals surface area contributed by atoms with Gasteiger partial charge in [0.1, 0.15) is 4.90 Å². The number of ether oxygens (including phenoxy) is 1. The maximum Gasteiger partial charge on any atom is 0.395 e. The molecule has 3 aromatic rings. The summed E-state index contributed by atoms with van der Waals surface area (Å²) in [5.41, 5.74) is 3.96. The number of rotatable bonds is 10. The van der Waals surface area contributed by atoms with Crippen molar-refractivity contribution >= 4 is 60.6 Å². The molecule has 0 radical (unpaired) electrons. The monoisotopic (exact) mass is 624 g/mol. The molecule has 2 aromatic heterocycles. The lowest BCUT2D eigenvalue weighted by Gasteiger charge is -2.27. The molecule has 5 rings (SSSR count). The van der Waals surface area contributed by atoms with Crippen LogP contribution in [0.4, 0.5) is 10.0 Å². The van der Waals surface area contributed by atoms with Gasteiger partial charge >= 0.3 is 10.0 Å². The molecule has 6 nitrogen and oxygen atoms in total. The van der Waals surface area contributed by atoms with Crippen LogP contribution in [-0.4, -0.2) is 64.6 Å². The zero-order chi connectivity index (χ0) is 29.7. The van der Waals surface area contributed by atoms with Crippen LogP contribution in [0.2, 0.25) is 0 Å². The fourth-order valence-corrected chi connectivity index (χ4v) is 8.89. The molecule has 42 heavy (non-hydrogen) atoms. The Labute approximate surface area is 259 Å². The summed E-state index contributed by atoms with van der Waals surface area (Å²) in [7, 11) is -2.03. The predicted octanol–water partition coefficient (Wildman–Crippen LogP) is 7.31. The lowest BCUT2D eigenvalue weighted by Crippen LogP contribution is -2.35. The highest BCUT2D eigenvalue weighted by Crippen LogP contribution is 2.36. The van der Waals surface area contributed by atoms with Gasteiger partial charge in [0, 0.05) is 47.1 Å². The molecule has 1 aromatic carbocycles. The summed E-state index contributed by atoms with van der Waals surface area (Å²) in [5.74, 6) is 0. The average Bonchev–Trinajstić information content (AvgIpc) is 3.74. The Morgan fingerprint density at radius 2 is 1.48 bits per heavy atom. The number of sulfonamides is 1. The van der Waals surface area contributed by atoms with Gasteiger partial charge in [0.2, 0.25) is 5.71 Å². The molecule has 0 unspecified atom stereocenters. The van der Waals surface area contributed by atoms with Crippen molar-refractivity contribution in [1.29, 1.82) is 0 Å². The summed E-state index contributed by atoms with van der Waals surface area (Å²) in [5, 5.41) is 2.51. The highest BCUT2D eigenvalue weighted by Gasteiger charge is 2.36. The Balaban J connectivity index is 1.54. The largest absolute Gasteiger partial charge is 0.395 e. The molecule has 0 N–H and O–H groups in total. The molecule has 1 saturated carbocycles. The summed E-state index contributed by atoms with van der Waals surface area (Å²) in [6.45, 7) is 11.8. The second-order valence-corrected chi connectivity index (χ2v) is 15.1. The number of morpholine rings is 1. The van der Waals surface area contributed by atoms with E-state index in [2.05, 4.69) is 60.1 Å². The van der Waals surface area contributed by atoms with E-state index in [0.717, 1.165) is 97.3 Å². The summed E-state index contributed by atoms with van der Waals surface area (Å²) in [6.07, 6.45) is 8.22. The maximum absolute atomic E-state index is 13.9. The van der Waals surface area contributed by atoms with Crippen LogP contribution in [0.5, 0.6) is 0 Å². The molecule has 0 amide bonds. The third kappa shape index (κ3) is 6.91.